The van der Waals surface area contributed by atoms with Gasteiger partial charge in [-0.2, -0.15) is 0 Å². The summed E-state index contributed by atoms with van der Waals surface area (Å²) >= 11 is 0. The molecule has 1 N–H and O–H groups in total. The van der Waals surface area contributed by atoms with Gasteiger partial charge in [0.1, 0.15) is 0 Å². The maximum Gasteiger partial charge on any atom is 0.0340 e. The summed E-state index contributed by atoms with van der Waals surface area (Å²) in [6.45, 7) is 11.5. The van der Waals surface area contributed by atoms with Gasteiger partial charge in [-0.25, -0.2) is 0 Å². The van der Waals surface area contributed by atoms with E-state index in [2.05, 4.69) is 56.9 Å². The molecule has 0 spiro atoms. The van der Waals surface area contributed by atoms with Gasteiger partial charge >= 0.3 is 0 Å². The van der Waals surface area contributed by atoms with Crippen LogP contribution in [0.2, 0.25) is 0 Å². The Hall–Kier alpha value is -1.24. The molecule has 0 atom stereocenters. The molecule has 1 nitrogen and oxygen atoms in total. The van der Waals surface area contributed by atoms with Crippen molar-refractivity contribution in [3.8, 4) is 0 Å². The minimum atomic E-state index is 0.568. The van der Waals surface area contributed by atoms with Crippen LogP contribution in [0.25, 0.3) is 0 Å². The van der Waals surface area contributed by atoms with Crippen molar-refractivity contribution in [1.82, 2.24) is 0 Å². The van der Waals surface area contributed by atoms with Gasteiger partial charge in [-0.1, -0.05) is 38.1 Å². The first-order valence-electron chi connectivity index (χ1n) is 5.64. The molecule has 0 amide bonds. The van der Waals surface area contributed by atoms with Gasteiger partial charge in [0.25, 0.3) is 0 Å². The van der Waals surface area contributed by atoms with Crippen LogP contribution in [0.15, 0.2) is 36.4 Å². The maximum absolute atomic E-state index is 4.09. The van der Waals surface area contributed by atoms with Gasteiger partial charge < -0.3 is 5.32 Å². The summed E-state index contributed by atoms with van der Waals surface area (Å²) in [4.78, 5) is 0. The number of allylic oxidation sites excluding steroid dienone is 1. The Balaban J connectivity index is 2.60. The zero-order valence-corrected chi connectivity index (χ0v) is 10.0. The molecule has 0 fully saturated rings. The second-order valence-corrected chi connectivity index (χ2v) is 4.22. The third-order valence-electron chi connectivity index (χ3n) is 2.58. The number of hydrogen-bond acceptors (Lipinski definition) is 1. The van der Waals surface area contributed by atoms with Crippen LogP contribution in [0.3, 0.4) is 0 Å². The van der Waals surface area contributed by atoms with E-state index >= 15 is 0 Å². The summed E-state index contributed by atoms with van der Waals surface area (Å²) in [5.41, 5.74) is 3.83. The first-order chi connectivity index (χ1) is 7.13. The zero-order valence-electron chi connectivity index (χ0n) is 10.0. The second kappa shape index (κ2) is 5.59. The quantitative estimate of drug-likeness (QED) is 0.716. The second-order valence-electron chi connectivity index (χ2n) is 4.22. The number of anilines is 1. The zero-order chi connectivity index (χ0) is 11.3. The minimum absolute atomic E-state index is 0.568. The molecule has 1 aromatic rings. The van der Waals surface area contributed by atoms with Crippen LogP contribution in [-0.2, 0) is 6.42 Å². The smallest absolute Gasteiger partial charge is 0.0340 e. The van der Waals surface area contributed by atoms with Gasteiger partial charge in [0.15, 0.2) is 0 Å². The van der Waals surface area contributed by atoms with E-state index in [0.29, 0.717) is 5.92 Å². The molecular formula is C14H21N. The third-order valence-corrected chi connectivity index (χ3v) is 2.58. The van der Waals surface area contributed by atoms with Gasteiger partial charge in [-0.05, 0) is 37.0 Å². The van der Waals surface area contributed by atoms with E-state index in [1.54, 1.807) is 0 Å². The Morgan fingerprint density at radius 3 is 2.33 bits per heavy atom. The summed E-state index contributed by atoms with van der Waals surface area (Å²) in [6.07, 6.45) is 0.990. The molecule has 0 aromatic heterocycles. The molecule has 0 bridgehead atoms. The van der Waals surface area contributed by atoms with Crippen molar-refractivity contribution >= 4 is 5.69 Å². The highest BCUT2D eigenvalue weighted by molar-refractivity contribution is 5.44. The number of rotatable bonds is 5. The van der Waals surface area contributed by atoms with E-state index in [4.69, 9.17) is 0 Å². The van der Waals surface area contributed by atoms with Crippen molar-refractivity contribution in [1.29, 1.82) is 0 Å². The summed E-state index contributed by atoms with van der Waals surface area (Å²) in [5.74, 6) is 0.568. The lowest BCUT2D eigenvalue weighted by Gasteiger charge is -2.10. The molecular weight excluding hydrogens is 182 g/mol. The molecule has 0 unspecified atom stereocenters. The molecule has 0 aliphatic rings. The van der Waals surface area contributed by atoms with E-state index in [-0.39, 0.29) is 0 Å². The van der Waals surface area contributed by atoms with Crippen LogP contribution in [0.1, 0.15) is 26.3 Å². The summed E-state index contributed by atoms with van der Waals surface area (Å²) < 4.78 is 0. The fourth-order valence-electron chi connectivity index (χ4n) is 1.41. The first-order valence-corrected chi connectivity index (χ1v) is 5.64. The lowest BCUT2D eigenvalue weighted by molar-refractivity contribution is 0.745. The highest BCUT2D eigenvalue weighted by Crippen LogP contribution is 2.16. The van der Waals surface area contributed by atoms with E-state index in [1.807, 2.05) is 0 Å². The van der Waals surface area contributed by atoms with Crippen LogP contribution in [-0.4, -0.2) is 6.54 Å². The molecule has 82 valence electrons. The van der Waals surface area contributed by atoms with Crippen molar-refractivity contribution in [2.45, 2.75) is 27.2 Å². The predicted octanol–water partition coefficient (Wildman–Crippen LogP) is 3.87. The Morgan fingerprint density at radius 1 is 1.27 bits per heavy atom. The Labute approximate surface area is 93.2 Å². The third kappa shape index (κ3) is 3.78. The molecule has 1 aromatic carbocycles. The molecule has 0 saturated heterocycles. The molecule has 0 saturated carbocycles. The lowest BCUT2D eigenvalue weighted by Crippen LogP contribution is -1.98. The van der Waals surface area contributed by atoms with Crippen LogP contribution >= 0.6 is 0 Å². The molecule has 0 heterocycles. The Kier molecular flexibility index (Phi) is 4.41. The number of benzene rings is 1. The lowest BCUT2D eigenvalue weighted by atomic mass is 9.97. The fourth-order valence-corrected chi connectivity index (χ4v) is 1.41. The SMILES string of the molecule is C=C(Cc1ccc(NCC)cc1)C(C)C. The molecule has 1 heteroatoms. The van der Waals surface area contributed by atoms with Crippen LogP contribution in [0.4, 0.5) is 5.69 Å². The molecule has 0 aliphatic heterocycles. The predicted molar refractivity (Wildman–Crippen MR) is 68.3 cm³/mol. The minimum Gasteiger partial charge on any atom is -0.385 e. The topological polar surface area (TPSA) is 12.0 Å². The monoisotopic (exact) mass is 203 g/mol. The van der Waals surface area contributed by atoms with E-state index in [1.165, 1.54) is 16.8 Å². The fraction of sp³-hybridized carbons (Fsp3) is 0.429. The van der Waals surface area contributed by atoms with Crippen LogP contribution < -0.4 is 5.32 Å². The van der Waals surface area contributed by atoms with Gasteiger partial charge in [-0.15, -0.1) is 0 Å². The van der Waals surface area contributed by atoms with Gasteiger partial charge in [-0.3, -0.25) is 0 Å². The summed E-state index contributed by atoms with van der Waals surface area (Å²) in [5, 5.41) is 3.29. The first kappa shape index (κ1) is 11.8. The molecule has 0 aliphatic carbocycles. The Morgan fingerprint density at radius 2 is 1.87 bits per heavy atom. The van der Waals surface area contributed by atoms with E-state index in [9.17, 15) is 0 Å². The van der Waals surface area contributed by atoms with E-state index < -0.39 is 0 Å². The van der Waals surface area contributed by atoms with Crippen LogP contribution in [0.5, 0.6) is 0 Å². The average Bonchev–Trinajstić information content (AvgIpc) is 2.21. The van der Waals surface area contributed by atoms with E-state index in [0.717, 1.165) is 13.0 Å². The van der Waals surface area contributed by atoms with Crippen molar-refractivity contribution in [3.05, 3.63) is 42.0 Å². The van der Waals surface area contributed by atoms with Crippen molar-refractivity contribution in [2.24, 2.45) is 5.92 Å². The van der Waals surface area contributed by atoms with Gasteiger partial charge in [0, 0.05) is 12.2 Å². The number of nitrogens with one attached hydrogen (secondary N) is 1. The maximum atomic E-state index is 4.09. The number of hydrogen-bond donors (Lipinski definition) is 1. The summed E-state index contributed by atoms with van der Waals surface area (Å²) in [6, 6.07) is 8.61. The Bertz CT molecular complexity index is 309. The normalized spacial score (nSPS) is 10.4. The van der Waals surface area contributed by atoms with Gasteiger partial charge in [0.05, 0.1) is 0 Å². The highest BCUT2D eigenvalue weighted by Gasteiger charge is 2.01. The van der Waals surface area contributed by atoms with Crippen molar-refractivity contribution in [2.75, 3.05) is 11.9 Å². The molecule has 0 radical (unpaired) electrons. The molecule has 15 heavy (non-hydrogen) atoms. The van der Waals surface area contributed by atoms with Crippen molar-refractivity contribution in [3.63, 3.8) is 0 Å². The summed E-state index contributed by atoms with van der Waals surface area (Å²) in [7, 11) is 0. The molecule has 1 rings (SSSR count). The largest absolute Gasteiger partial charge is 0.385 e. The highest BCUT2D eigenvalue weighted by atomic mass is 14.8. The average molecular weight is 203 g/mol. The van der Waals surface area contributed by atoms with Crippen molar-refractivity contribution < 1.29 is 0 Å². The van der Waals surface area contributed by atoms with Crippen LogP contribution in [0, 0.1) is 5.92 Å². The standard InChI is InChI=1S/C14H21N/c1-5-15-14-8-6-13(7-9-14)10-12(4)11(2)3/h6-9,11,15H,4-5,10H2,1-3H3. The van der Waals surface area contributed by atoms with Gasteiger partial charge in [0.2, 0.25) is 0 Å².